The Morgan fingerprint density at radius 1 is 1.10 bits per heavy atom. The van der Waals surface area contributed by atoms with Crippen LogP contribution in [0.1, 0.15) is 24.1 Å². The molecular formula is C17H19NO2. The van der Waals surface area contributed by atoms with E-state index >= 15 is 0 Å². The summed E-state index contributed by atoms with van der Waals surface area (Å²) in [5.74, 6) is 0.583. The molecule has 1 N–H and O–H groups in total. The maximum atomic E-state index is 11.8. The second kappa shape index (κ2) is 6.75. The van der Waals surface area contributed by atoms with Crippen LogP contribution >= 0.6 is 0 Å². The minimum Gasteiger partial charge on any atom is -0.484 e. The Hall–Kier alpha value is -2.29. The molecule has 0 aliphatic heterocycles. The summed E-state index contributed by atoms with van der Waals surface area (Å²) in [6.07, 6.45) is 0. The summed E-state index contributed by atoms with van der Waals surface area (Å²) < 4.78 is 5.45. The number of hydrogen-bond acceptors (Lipinski definition) is 2. The van der Waals surface area contributed by atoms with Gasteiger partial charge in [-0.2, -0.15) is 0 Å². The van der Waals surface area contributed by atoms with Gasteiger partial charge in [0.25, 0.3) is 5.91 Å². The van der Waals surface area contributed by atoms with E-state index in [0.29, 0.717) is 5.75 Å². The largest absolute Gasteiger partial charge is 0.484 e. The van der Waals surface area contributed by atoms with Crippen molar-refractivity contribution >= 4 is 5.91 Å². The Balaban J connectivity index is 1.82. The number of carbonyl (C=O) groups is 1. The first-order valence-corrected chi connectivity index (χ1v) is 6.69. The molecule has 0 heterocycles. The van der Waals surface area contributed by atoms with E-state index in [0.717, 1.165) is 5.56 Å². The number of hydrogen-bond donors (Lipinski definition) is 1. The van der Waals surface area contributed by atoms with Crippen molar-refractivity contribution in [3.63, 3.8) is 0 Å². The first-order valence-electron chi connectivity index (χ1n) is 6.69. The molecule has 0 spiro atoms. The molecule has 1 atom stereocenters. The SMILES string of the molecule is Cc1ccc(OCC(=O)N[C@@H](C)c2ccccc2)cc1. The zero-order valence-electron chi connectivity index (χ0n) is 11.8. The van der Waals surface area contributed by atoms with Crippen LogP contribution in [0.3, 0.4) is 0 Å². The number of rotatable bonds is 5. The van der Waals surface area contributed by atoms with Gasteiger partial charge in [0, 0.05) is 0 Å². The minimum absolute atomic E-state index is 0.0229. The van der Waals surface area contributed by atoms with Crippen LogP contribution in [0.15, 0.2) is 54.6 Å². The number of benzene rings is 2. The van der Waals surface area contributed by atoms with Crippen LogP contribution in [-0.4, -0.2) is 12.5 Å². The molecule has 0 fully saturated rings. The van der Waals surface area contributed by atoms with E-state index in [2.05, 4.69) is 5.32 Å². The second-order valence-corrected chi connectivity index (χ2v) is 4.80. The minimum atomic E-state index is -0.123. The summed E-state index contributed by atoms with van der Waals surface area (Å²) in [6.45, 7) is 4.00. The highest BCUT2D eigenvalue weighted by atomic mass is 16.5. The Morgan fingerprint density at radius 3 is 2.40 bits per heavy atom. The van der Waals surface area contributed by atoms with Gasteiger partial charge in [0.15, 0.2) is 6.61 Å². The van der Waals surface area contributed by atoms with Crippen molar-refractivity contribution in [2.75, 3.05) is 6.61 Å². The van der Waals surface area contributed by atoms with Crippen LogP contribution in [-0.2, 0) is 4.79 Å². The van der Waals surface area contributed by atoms with Crippen molar-refractivity contribution in [1.82, 2.24) is 5.32 Å². The van der Waals surface area contributed by atoms with E-state index < -0.39 is 0 Å². The van der Waals surface area contributed by atoms with Gasteiger partial charge in [-0.05, 0) is 31.5 Å². The van der Waals surface area contributed by atoms with Gasteiger partial charge in [0.05, 0.1) is 6.04 Å². The second-order valence-electron chi connectivity index (χ2n) is 4.80. The molecule has 0 aromatic heterocycles. The molecule has 1 amide bonds. The highest BCUT2D eigenvalue weighted by Gasteiger charge is 2.09. The number of aryl methyl sites for hydroxylation is 1. The Bertz CT molecular complexity index is 549. The molecule has 2 aromatic carbocycles. The van der Waals surface area contributed by atoms with Gasteiger partial charge >= 0.3 is 0 Å². The van der Waals surface area contributed by atoms with E-state index in [1.54, 1.807) is 0 Å². The van der Waals surface area contributed by atoms with Crippen molar-refractivity contribution < 1.29 is 9.53 Å². The van der Waals surface area contributed by atoms with Crippen LogP contribution < -0.4 is 10.1 Å². The lowest BCUT2D eigenvalue weighted by Gasteiger charge is -2.14. The standard InChI is InChI=1S/C17H19NO2/c1-13-8-10-16(11-9-13)20-12-17(19)18-14(2)15-6-4-3-5-7-15/h3-11,14H,12H2,1-2H3,(H,18,19)/t14-/m0/s1. The van der Waals surface area contributed by atoms with E-state index in [1.807, 2.05) is 68.4 Å². The molecule has 0 aliphatic rings. The van der Waals surface area contributed by atoms with E-state index in [1.165, 1.54) is 5.56 Å². The highest BCUT2D eigenvalue weighted by molar-refractivity contribution is 5.78. The van der Waals surface area contributed by atoms with Gasteiger partial charge in [-0.15, -0.1) is 0 Å². The third kappa shape index (κ3) is 4.12. The molecule has 3 heteroatoms. The van der Waals surface area contributed by atoms with Gasteiger partial charge < -0.3 is 10.1 Å². The lowest BCUT2D eigenvalue weighted by molar-refractivity contribution is -0.123. The molecule has 0 unspecified atom stereocenters. The highest BCUT2D eigenvalue weighted by Crippen LogP contribution is 2.12. The lowest BCUT2D eigenvalue weighted by atomic mass is 10.1. The zero-order valence-corrected chi connectivity index (χ0v) is 11.8. The molecule has 3 nitrogen and oxygen atoms in total. The summed E-state index contributed by atoms with van der Waals surface area (Å²) in [6, 6.07) is 17.5. The van der Waals surface area contributed by atoms with E-state index in [-0.39, 0.29) is 18.6 Å². The van der Waals surface area contributed by atoms with Crippen molar-refractivity contribution in [3.8, 4) is 5.75 Å². The van der Waals surface area contributed by atoms with Gasteiger partial charge in [0.2, 0.25) is 0 Å². The third-order valence-electron chi connectivity index (χ3n) is 3.07. The smallest absolute Gasteiger partial charge is 0.258 e. The zero-order chi connectivity index (χ0) is 14.4. The molecular weight excluding hydrogens is 250 g/mol. The van der Waals surface area contributed by atoms with Gasteiger partial charge in [-0.1, -0.05) is 48.0 Å². The van der Waals surface area contributed by atoms with Crippen LogP contribution in [0.5, 0.6) is 5.75 Å². The third-order valence-corrected chi connectivity index (χ3v) is 3.07. The number of nitrogens with one attached hydrogen (secondary N) is 1. The Labute approximate surface area is 119 Å². The molecule has 0 bridgehead atoms. The molecule has 104 valence electrons. The fourth-order valence-electron chi connectivity index (χ4n) is 1.89. The van der Waals surface area contributed by atoms with Crippen LogP contribution in [0.4, 0.5) is 0 Å². The lowest BCUT2D eigenvalue weighted by Crippen LogP contribution is -2.31. The van der Waals surface area contributed by atoms with Crippen molar-refractivity contribution in [3.05, 3.63) is 65.7 Å². The Morgan fingerprint density at radius 2 is 1.75 bits per heavy atom. The summed E-state index contributed by atoms with van der Waals surface area (Å²) in [5, 5.41) is 2.91. The molecule has 2 rings (SSSR count). The Kier molecular flexibility index (Phi) is 4.77. The van der Waals surface area contributed by atoms with Gasteiger partial charge in [-0.25, -0.2) is 0 Å². The predicted octanol–water partition coefficient (Wildman–Crippen LogP) is 3.25. The average molecular weight is 269 g/mol. The number of carbonyl (C=O) groups excluding carboxylic acids is 1. The van der Waals surface area contributed by atoms with Crippen molar-refractivity contribution in [1.29, 1.82) is 0 Å². The van der Waals surface area contributed by atoms with Crippen molar-refractivity contribution in [2.45, 2.75) is 19.9 Å². The summed E-state index contributed by atoms with van der Waals surface area (Å²) in [7, 11) is 0. The van der Waals surface area contributed by atoms with Crippen LogP contribution in [0, 0.1) is 6.92 Å². The van der Waals surface area contributed by atoms with E-state index in [9.17, 15) is 4.79 Å². The first kappa shape index (κ1) is 14.1. The predicted molar refractivity (Wildman–Crippen MR) is 79.7 cm³/mol. The fourth-order valence-corrected chi connectivity index (χ4v) is 1.89. The summed E-state index contributed by atoms with van der Waals surface area (Å²) >= 11 is 0. The molecule has 0 saturated carbocycles. The first-order chi connectivity index (χ1) is 9.65. The number of amides is 1. The maximum absolute atomic E-state index is 11.8. The normalized spacial score (nSPS) is 11.7. The number of ether oxygens (including phenoxy) is 1. The fraction of sp³-hybridized carbons (Fsp3) is 0.235. The van der Waals surface area contributed by atoms with E-state index in [4.69, 9.17) is 4.74 Å². The van der Waals surface area contributed by atoms with Crippen LogP contribution in [0.2, 0.25) is 0 Å². The molecule has 2 aromatic rings. The topological polar surface area (TPSA) is 38.3 Å². The summed E-state index contributed by atoms with van der Waals surface area (Å²) in [5.41, 5.74) is 2.25. The average Bonchev–Trinajstić information content (AvgIpc) is 2.47. The monoisotopic (exact) mass is 269 g/mol. The molecule has 0 aliphatic carbocycles. The summed E-state index contributed by atoms with van der Waals surface area (Å²) in [4.78, 5) is 11.8. The molecule has 0 radical (unpaired) electrons. The maximum Gasteiger partial charge on any atom is 0.258 e. The van der Waals surface area contributed by atoms with Gasteiger partial charge in [-0.3, -0.25) is 4.79 Å². The quantitative estimate of drug-likeness (QED) is 0.904. The van der Waals surface area contributed by atoms with Crippen molar-refractivity contribution in [2.24, 2.45) is 0 Å². The van der Waals surface area contributed by atoms with Crippen LogP contribution in [0.25, 0.3) is 0 Å². The van der Waals surface area contributed by atoms with Gasteiger partial charge in [0.1, 0.15) is 5.75 Å². The molecule has 0 saturated heterocycles. The molecule has 20 heavy (non-hydrogen) atoms.